The Morgan fingerprint density at radius 2 is 2.27 bits per heavy atom. The third-order valence-corrected chi connectivity index (χ3v) is 2.49. The molecule has 0 saturated heterocycles. The van der Waals surface area contributed by atoms with Crippen molar-refractivity contribution in [2.75, 3.05) is 6.61 Å². The van der Waals surface area contributed by atoms with Gasteiger partial charge in [-0.1, -0.05) is 13.8 Å². The fourth-order valence-corrected chi connectivity index (χ4v) is 1.54. The van der Waals surface area contributed by atoms with Gasteiger partial charge < -0.3 is 4.74 Å². The van der Waals surface area contributed by atoms with E-state index < -0.39 is 0 Å². The van der Waals surface area contributed by atoms with Crippen LogP contribution in [0.1, 0.15) is 32.3 Å². The molecular formula is C12H18ClNO. The molecule has 0 spiro atoms. The number of rotatable bonds is 6. The molecule has 0 aliphatic carbocycles. The number of aromatic nitrogens is 1. The van der Waals surface area contributed by atoms with Gasteiger partial charge in [0.15, 0.2) is 0 Å². The molecule has 0 fully saturated rings. The molecule has 0 atom stereocenters. The maximum Gasteiger partial charge on any atom is 0.141 e. The van der Waals surface area contributed by atoms with Crippen molar-refractivity contribution in [3.8, 4) is 5.75 Å². The third-order valence-electron chi connectivity index (χ3n) is 2.20. The summed E-state index contributed by atoms with van der Waals surface area (Å²) in [5.74, 6) is 2.02. The van der Waals surface area contributed by atoms with Gasteiger partial charge in [-0.3, -0.25) is 4.98 Å². The molecule has 1 aromatic heterocycles. The first kappa shape index (κ1) is 12.3. The van der Waals surface area contributed by atoms with E-state index in [4.69, 9.17) is 16.3 Å². The van der Waals surface area contributed by atoms with Gasteiger partial charge in [-0.2, -0.15) is 0 Å². The molecule has 0 radical (unpaired) electrons. The van der Waals surface area contributed by atoms with E-state index in [0.29, 0.717) is 5.88 Å². The van der Waals surface area contributed by atoms with E-state index in [1.165, 1.54) is 6.42 Å². The molecule has 0 N–H and O–H groups in total. The lowest BCUT2D eigenvalue weighted by atomic mass is 10.1. The molecule has 0 unspecified atom stereocenters. The first-order valence-electron chi connectivity index (χ1n) is 5.35. The van der Waals surface area contributed by atoms with Crippen molar-refractivity contribution in [2.24, 2.45) is 5.92 Å². The van der Waals surface area contributed by atoms with Crippen LogP contribution in [-0.2, 0) is 5.88 Å². The molecule has 1 rings (SSSR count). The van der Waals surface area contributed by atoms with E-state index >= 15 is 0 Å². The second kappa shape index (κ2) is 6.67. The van der Waals surface area contributed by atoms with E-state index in [1.807, 2.05) is 6.07 Å². The molecule has 15 heavy (non-hydrogen) atoms. The zero-order chi connectivity index (χ0) is 11.1. The SMILES string of the molecule is CC(C)CCCOc1cnccc1CCl. The Hall–Kier alpha value is -0.760. The smallest absolute Gasteiger partial charge is 0.141 e. The summed E-state index contributed by atoms with van der Waals surface area (Å²) in [6, 6.07) is 1.89. The Bertz CT molecular complexity index is 289. The molecule has 0 aliphatic heterocycles. The van der Waals surface area contributed by atoms with Crippen LogP contribution >= 0.6 is 11.6 Å². The van der Waals surface area contributed by atoms with Crippen LogP contribution in [0.25, 0.3) is 0 Å². The van der Waals surface area contributed by atoms with Crippen molar-refractivity contribution >= 4 is 11.6 Å². The highest BCUT2D eigenvalue weighted by Gasteiger charge is 2.02. The zero-order valence-corrected chi connectivity index (χ0v) is 10.1. The minimum atomic E-state index is 0.474. The Labute approximate surface area is 96.6 Å². The molecule has 0 aromatic carbocycles. The van der Waals surface area contributed by atoms with Gasteiger partial charge in [-0.05, 0) is 24.8 Å². The number of ether oxygens (including phenoxy) is 1. The lowest BCUT2D eigenvalue weighted by molar-refractivity contribution is 0.294. The predicted molar refractivity (Wildman–Crippen MR) is 63.4 cm³/mol. The van der Waals surface area contributed by atoms with Gasteiger partial charge in [0.05, 0.1) is 18.7 Å². The maximum absolute atomic E-state index is 5.79. The topological polar surface area (TPSA) is 22.1 Å². The fourth-order valence-electron chi connectivity index (χ4n) is 1.32. The van der Waals surface area contributed by atoms with Crippen LogP contribution in [0.2, 0.25) is 0 Å². The highest BCUT2D eigenvalue weighted by Crippen LogP contribution is 2.18. The third kappa shape index (κ3) is 4.52. The summed E-state index contributed by atoms with van der Waals surface area (Å²) in [4.78, 5) is 4.02. The molecule has 84 valence electrons. The summed E-state index contributed by atoms with van der Waals surface area (Å²) < 4.78 is 5.63. The van der Waals surface area contributed by atoms with Crippen molar-refractivity contribution in [3.05, 3.63) is 24.0 Å². The number of halogens is 1. The second-order valence-corrected chi connectivity index (χ2v) is 4.27. The van der Waals surface area contributed by atoms with Crippen LogP contribution < -0.4 is 4.74 Å². The molecule has 0 bridgehead atoms. The molecular weight excluding hydrogens is 210 g/mol. The van der Waals surface area contributed by atoms with Crippen molar-refractivity contribution in [2.45, 2.75) is 32.6 Å². The van der Waals surface area contributed by atoms with Crippen LogP contribution in [-0.4, -0.2) is 11.6 Å². The Morgan fingerprint density at radius 3 is 2.93 bits per heavy atom. The standard InChI is InChI=1S/C12H18ClNO/c1-10(2)4-3-7-15-12-9-14-6-5-11(12)8-13/h5-6,9-10H,3-4,7-8H2,1-2H3. The normalized spacial score (nSPS) is 10.7. The minimum absolute atomic E-state index is 0.474. The number of pyridine rings is 1. The lowest BCUT2D eigenvalue weighted by Gasteiger charge is -2.09. The average Bonchev–Trinajstić information content (AvgIpc) is 2.24. The number of alkyl halides is 1. The highest BCUT2D eigenvalue weighted by atomic mass is 35.5. The number of hydrogen-bond donors (Lipinski definition) is 0. The molecule has 3 heteroatoms. The van der Waals surface area contributed by atoms with Crippen LogP contribution in [0, 0.1) is 5.92 Å². The minimum Gasteiger partial charge on any atom is -0.492 e. The Balaban J connectivity index is 2.36. The zero-order valence-electron chi connectivity index (χ0n) is 9.37. The van der Waals surface area contributed by atoms with Crippen LogP contribution in [0.15, 0.2) is 18.5 Å². The first-order chi connectivity index (χ1) is 7.24. The van der Waals surface area contributed by atoms with E-state index in [1.54, 1.807) is 12.4 Å². The van der Waals surface area contributed by atoms with E-state index in [0.717, 1.165) is 30.3 Å². The molecule has 1 heterocycles. The highest BCUT2D eigenvalue weighted by molar-refractivity contribution is 6.17. The van der Waals surface area contributed by atoms with Gasteiger partial charge in [0.1, 0.15) is 5.75 Å². The van der Waals surface area contributed by atoms with Crippen molar-refractivity contribution in [1.82, 2.24) is 4.98 Å². The maximum atomic E-state index is 5.79. The lowest BCUT2D eigenvalue weighted by Crippen LogP contribution is -2.01. The second-order valence-electron chi connectivity index (χ2n) is 4.00. The van der Waals surface area contributed by atoms with Crippen molar-refractivity contribution < 1.29 is 4.74 Å². The summed E-state index contributed by atoms with van der Waals surface area (Å²) >= 11 is 5.79. The summed E-state index contributed by atoms with van der Waals surface area (Å²) in [6.07, 6.45) is 5.73. The molecule has 0 aliphatic rings. The van der Waals surface area contributed by atoms with Crippen molar-refractivity contribution in [1.29, 1.82) is 0 Å². The molecule has 0 amide bonds. The Kier molecular flexibility index (Phi) is 5.48. The molecule has 2 nitrogen and oxygen atoms in total. The van der Waals surface area contributed by atoms with Gasteiger partial charge in [0, 0.05) is 11.8 Å². The van der Waals surface area contributed by atoms with Crippen LogP contribution in [0.5, 0.6) is 5.75 Å². The monoisotopic (exact) mass is 227 g/mol. The fraction of sp³-hybridized carbons (Fsp3) is 0.583. The van der Waals surface area contributed by atoms with Gasteiger partial charge in [0.2, 0.25) is 0 Å². The molecule has 0 saturated carbocycles. The van der Waals surface area contributed by atoms with E-state index in [9.17, 15) is 0 Å². The average molecular weight is 228 g/mol. The van der Waals surface area contributed by atoms with Crippen LogP contribution in [0.3, 0.4) is 0 Å². The quantitative estimate of drug-likeness (QED) is 0.547. The summed E-state index contributed by atoms with van der Waals surface area (Å²) in [5.41, 5.74) is 1.01. The number of hydrogen-bond acceptors (Lipinski definition) is 2. The summed E-state index contributed by atoms with van der Waals surface area (Å²) in [7, 11) is 0. The van der Waals surface area contributed by atoms with Gasteiger partial charge in [0.25, 0.3) is 0 Å². The first-order valence-corrected chi connectivity index (χ1v) is 5.89. The molecule has 1 aromatic rings. The van der Waals surface area contributed by atoms with Crippen molar-refractivity contribution in [3.63, 3.8) is 0 Å². The van der Waals surface area contributed by atoms with Gasteiger partial charge in [-0.15, -0.1) is 11.6 Å². The summed E-state index contributed by atoms with van der Waals surface area (Å²) in [6.45, 7) is 5.18. The predicted octanol–water partition coefficient (Wildman–Crippen LogP) is 3.64. The number of nitrogens with zero attached hydrogens (tertiary/aromatic N) is 1. The van der Waals surface area contributed by atoms with Gasteiger partial charge >= 0.3 is 0 Å². The van der Waals surface area contributed by atoms with E-state index in [2.05, 4.69) is 18.8 Å². The Morgan fingerprint density at radius 1 is 1.47 bits per heavy atom. The van der Waals surface area contributed by atoms with E-state index in [-0.39, 0.29) is 0 Å². The summed E-state index contributed by atoms with van der Waals surface area (Å²) in [5, 5.41) is 0. The largest absolute Gasteiger partial charge is 0.492 e. The van der Waals surface area contributed by atoms with Crippen LogP contribution in [0.4, 0.5) is 0 Å². The van der Waals surface area contributed by atoms with Gasteiger partial charge in [-0.25, -0.2) is 0 Å².